The van der Waals surface area contributed by atoms with E-state index in [1.807, 2.05) is 58.9 Å². The lowest BCUT2D eigenvalue weighted by Gasteiger charge is -2.41. The summed E-state index contributed by atoms with van der Waals surface area (Å²) < 4.78 is 37.4. The van der Waals surface area contributed by atoms with Gasteiger partial charge in [0.2, 0.25) is 0 Å². The molecule has 0 saturated carbocycles. The number of carbonyl (C=O) groups excluding carboxylic acids is 2. The second-order valence-electron chi connectivity index (χ2n) is 12.1. The van der Waals surface area contributed by atoms with Crippen molar-refractivity contribution in [3.05, 3.63) is 77.6 Å². The Morgan fingerprint density at radius 2 is 1.83 bits per heavy atom. The molecule has 2 atom stereocenters. The Hall–Kier alpha value is -3.37. The fourth-order valence-electron chi connectivity index (χ4n) is 4.94. The first kappa shape index (κ1) is 31.6. The van der Waals surface area contributed by atoms with Crippen LogP contribution in [0.5, 0.6) is 5.75 Å². The van der Waals surface area contributed by atoms with Crippen molar-refractivity contribution in [2.75, 3.05) is 5.73 Å². The number of hydrogen-bond acceptors (Lipinski definition) is 9. The number of anilines is 1. The van der Waals surface area contributed by atoms with E-state index in [0.29, 0.717) is 29.0 Å². The molecule has 1 aliphatic heterocycles. The molecule has 2 aromatic carbocycles. The molecule has 1 saturated heterocycles. The summed E-state index contributed by atoms with van der Waals surface area (Å²) in [6.07, 6.45) is 4.00. The molecule has 224 valence electrons. The highest BCUT2D eigenvalue weighted by atomic mass is 32.2. The largest absolute Gasteiger partial charge is 0.457 e. The minimum atomic E-state index is -4.11. The molecule has 0 aliphatic carbocycles. The van der Waals surface area contributed by atoms with Gasteiger partial charge in [0.25, 0.3) is 0 Å². The van der Waals surface area contributed by atoms with Crippen LogP contribution in [0.1, 0.15) is 64.2 Å². The number of cyclic esters (lactones) is 1. The Morgan fingerprint density at radius 1 is 1.14 bits per heavy atom. The van der Waals surface area contributed by atoms with Gasteiger partial charge < -0.3 is 14.7 Å². The monoisotopic (exact) mass is 610 g/mol. The highest BCUT2D eigenvalue weighted by Gasteiger charge is 2.49. The van der Waals surface area contributed by atoms with E-state index < -0.39 is 32.4 Å². The first-order valence-corrected chi connectivity index (χ1v) is 16.2. The maximum atomic E-state index is 13.6. The van der Waals surface area contributed by atoms with Crippen LogP contribution in [0, 0.1) is 12.8 Å². The average molecular weight is 611 g/mol. The topological polar surface area (TPSA) is 126 Å². The molecule has 0 radical (unpaired) electrons. The number of ether oxygens (including phenoxy) is 1. The quantitative estimate of drug-likeness (QED) is 0.134. The van der Waals surface area contributed by atoms with E-state index >= 15 is 0 Å². The molecule has 1 aromatic heterocycles. The second-order valence-corrected chi connectivity index (χ2v) is 14.8. The Labute approximate surface area is 252 Å². The predicted octanol–water partition coefficient (Wildman–Crippen LogP) is 6.04. The van der Waals surface area contributed by atoms with Gasteiger partial charge in [0, 0.05) is 29.4 Å². The van der Waals surface area contributed by atoms with Crippen LogP contribution < -0.4 is 9.92 Å². The molecule has 4 rings (SSSR count). The van der Waals surface area contributed by atoms with Crippen LogP contribution in [0.3, 0.4) is 0 Å². The molecule has 8 nitrogen and oxygen atoms in total. The number of hydrogen-bond donors (Lipinski definition) is 1. The minimum Gasteiger partial charge on any atom is -0.457 e. The third-order valence-electron chi connectivity index (χ3n) is 7.61. The van der Waals surface area contributed by atoms with E-state index in [1.54, 1.807) is 19.1 Å². The zero-order chi connectivity index (χ0) is 30.9. The molecule has 0 amide bonds. The summed E-state index contributed by atoms with van der Waals surface area (Å²) in [5, 5.41) is -1.03. The van der Waals surface area contributed by atoms with Crippen LogP contribution in [-0.4, -0.2) is 36.0 Å². The Morgan fingerprint density at radius 3 is 2.40 bits per heavy atom. The third-order valence-corrected chi connectivity index (χ3v) is 10.1. The molecule has 3 aromatic rings. The normalized spacial score (nSPS) is 19.5. The van der Waals surface area contributed by atoms with Gasteiger partial charge in [-0.3, -0.25) is 14.6 Å². The van der Waals surface area contributed by atoms with Crippen molar-refractivity contribution in [2.45, 2.75) is 86.9 Å². The lowest BCUT2D eigenvalue weighted by molar-refractivity contribution is -0.176. The van der Waals surface area contributed by atoms with Crippen LogP contribution in [0.2, 0.25) is 0 Å². The van der Waals surface area contributed by atoms with Crippen molar-refractivity contribution in [1.29, 1.82) is 0 Å². The second kappa shape index (κ2) is 12.1. The summed E-state index contributed by atoms with van der Waals surface area (Å²) in [5.74, 6) is -0.624. The number of rotatable bonds is 9. The number of nitrogen functional groups attached to an aromatic ring is 1. The van der Waals surface area contributed by atoms with Crippen LogP contribution in [0.15, 0.2) is 70.7 Å². The number of pyridine rings is 1. The number of ketones is 1. The molecule has 10 heteroatoms. The zero-order valence-electron chi connectivity index (χ0n) is 24.8. The van der Waals surface area contributed by atoms with Crippen molar-refractivity contribution < 1.29 is 26.9 Å². The summed E-state index contributed by atoms with van der Waals surface area (Å²) in [5.41, 5.74) is 7.50. The maximum Gasteiger partial charge on any atom is 0.340 e. The van der Waals surface area contributed by atoms with Crippen molar-refractivity contribution in [3.8, 4) is 5.75 Å². The van der Waals surface area contributed by atoms with Gasteiger partial charge in [0.15, 0.2) is 11.0 Å². The van der Waals surface area contributed by atoms with Crippen molar-refractivity contribution in [1.82, 2.24) is 4.98 Å². The Bertz CT molecular complexity index is 1540. The molecule has 42 heavy (non-hydrogen) atoms. The van der Waals surface area contributed by atoms with Gasteiger partial charge in [0.1, 0.15) is 16.2 Å². The van der Waals surface area contributed by atoms with Gasteiger partial charge in [-0.25, -0.2) is 0 Å². The fourth-order valence-corrected chi connectivity index (χ4v) is 7.23. The molecule has 0 spiro atoms. The number of Topliss-reactive ketones (excluding diaryl/α,β-unsaturated/α-hetero) is 1. The minimum absolute atomic E-state index is 0.0549. The standard InChI is InChI=1S/C32H38N2O6S2/c1-20(2)32(14-13-22-9-11-23(33)12-10-22)18-26(35)29(30(36)39-32)41-28-16-21(3)27(17-25(28)31(4,5)6)40-42(37,38)24-8-7-15-34-19-24/h7-12,15-17,19-20,29H,13-14,18,33H2,1-6H3. The number of nitrogens with two attached hydrogens (primary N) is 1. The SMILES string of the molecule is Cc1cc(SC2C(=O)CC(CCc3ccc(N)cc3)(C(C)C)OC2=O)c(C(C)(C)C)cc1OS(=O)(=O)c1cccnc1. The molecule has 2 N–H and O–H groups in total. The smallest absolute Gasteiger partial charge is 0.340 e. The number of aromatic nitrogens is 1. The number of carbonyl (C=O) groups is 2. The number of benzene rings is 2. The van der Waals surface area contributed by atoms with Gasteiger partial charge >= 0.3 is 16.1 Å². The van der Waals surface area contributed by atoms with Crippen LogP contribution >= 0.6 is 11.8 Å². The van der Waals surface area contributed by atoms with E-state index in [4.69, 9.17) is 14.7 Å². The number of aryl methyl sites for hydroxylation is 2. The van der Waals surface area contributed by atoms with E-state index in [-0.39, 0.29) is 28.8 Å². The van der Waals surface area contributed by atoms with E-state index in [0.717, 1.165) is 22.9 Å². The summed E-state index contributed by atoms with van der Waals surface area (Å²) in [6, 6.07) is 13.9. The predicted molar refractivity (Wildman–Crippen MR) is 164 cm³/mol. The van der Waals surface area contributed by atoms with Gasteiger partial charge in [-0.1, -0.05) is 46.8 Å². The fraction of sp³-hybridized carbons (Fsp3) is 0.406. The molecule has 2 unspecified atom stereocenters. The lowest BCUT2D eigenvalue weighted by atomic mass is 9.78. The summed E-state index contributed by atoms with van der Waals surface area (Å²) in [4.78, 5) is 31.6. The van der Waals surface area contributed by atoms with E-state index in [1.165, 1.54) is 24.5 Å². The van der Waals surface area contributed by atoms with Gasteiger partial charge in [0.05, 0.1) is 0 Å². The average Bonchev–Trinajstić information content (AvgIpc) is 2.91. The maximum absolute atomic E-state index is 13.6. The van der Waals surface area contributed by atoms with Crippen LogP contribution in [0.25, 0.3) is 0 Å². The van der Waals surface area contributed by atoms with Crippen LogP contribution in [-0.2, 0) is 36.3 Å². The van der Waals surface area contributed by atoms with E-state index in [2.05, 4.69) is 4.98 Å². The zero-order valence-corrected chi connectivity index (χ0v) is 26.5. The van der Waals surface area contributed by atoms with Crippen molar-refractivity contribution in [3.63, 3.8) is 0 Å². The molecule has 0 bridgehead atoms. The summed E-state index contributed by atoms with van der Waals surface area (Å²) >= 11 is 1.15. The third kappa shape index (κ3) is 6.98. The molecule has 1 aliphatic rings. The first-order chi connectivity index (χ1) is 19.6. The van der Waals surface area contributed by atoms with Crippen LogP contribution in [0.4, 0.5) is 5.69 Å². The molecule has 2 heterocycles. The number of nitrogens with zero attached hydrogens (tertiary/aromatic N) is 1. The van der Waals surface area contributed by atoms with Gasteiger partial charge in [-0.05, 0) is 84.2 Å². The van der Waals surface area contributed by atoms with Gasteiger partial charge in [-0.2, -0.15) is 8.42 Å². The summed E-state index contributed by atoms with van der Waals surface area (Å²) in [6.45, 7) is 11.6. The highest BCUT2D eigenvalue weighted by Crippen LogP contribution is 2.44. The molecular weight excluding hydrogens is 572 g/mol. The Kier molecular flexibility index (Phi) is 9.08. The molecular formula is C32H38N2O6S2. The van der Waals surface area contributed by atoms with Crippen molar-refractivity contribution >= 4 is 39.3 Å². The number of thioether (sulfide) groups is 1. The van der Waals surface area contributed by atoms with E-state index in [9.17, 15) is 18.0 Å². The Balaban J connectivity index is 1.58. The number of esters is 1. The van der Waals surface area contributed by atoms with Crippen molar-refractivity contribution in [2.24, 2.45) is 5.92 Å². The highest BCUT2D eigenvalue weighted by molar-refractivity contribution is 8.01. The summed E-state index contributed by atoms with van der Waals surface area (Å²) in [7, 11) is -4.11. The molecule has 1 fully saturated rings. The van der Waals surface area contributed by atoms with Gasteiger partial charge in [-0.15, -0.1) is 11.8 Å². The first-order valence-electron chi connectivity index (χ1n) is 13.9. The lowest BCUT2D eigenvalue weighted by Crippen LogP contribution is -2.52.